The van der Waals surface area contributed by atoms with Crippen molar-refractivity contribution < 1.29 is 5.11 Å². The molecule has 0 bridgehead atoms. The van der Waals surface area contributed by atoms with Crippen LogP contribution in [0.15, 0.2) is 29.3 Å². The fraction of sp³-hybridized carbons (Fsp3) is 0.273. The van der Waals surface area contributed by atoms with Gasteiger partial charge < -0.3 is 10.8 Å². The van der Waals surface area contributed by atoms with Crippen LogP contribution in [0.2, 0.25) is 5.02 Å². The summed E-state index contributed by atoms with van der Waals surface area (Å²) in [7, 11) is 0. The summed E-state index contributed by atoms with van der Waals surface area (Å²) in [6, 6.07) is 3.27. The Kier molecular flexibility index (Phi) is 4.64. The highest BCUT2D eigenvalue weighted by atomic mass is 79.9. The summed E-state index contributed by atoms with van der Waals surface area (Å²) in [5, 5.41) is 10.3. The number of halogens is 2. The maximum atomic E-state index is 9.81. The largest absolute Gasteiger partial charge is 0.506 e. The van der Waals surface area contributed by atoms with Gasteiger partial charge in [0.25, 0.3) is 0 Å². The first kappa shape index (κ1) is 12.6. The Morgan fingerprint density at radius 2 is 2.27 bits per heavy atom. The normalized spacial score (nSPS) is 12.5. The summed E-state index contributed by atoms with van der Waals surface area (Å²) in [6.45, 7) is 3.63. The SMILES string of the molecule is C=CCC[C@@H](N)c1ccc(Cl)c(Br)c1O. The first-order chi connectivity index (χ1) is 7.07. The van der Waals surface area contributed by atoms with Gasteiger partial charge in [-0.2, -0.15) is 0 Å². The third-order valence-electron chi connectivity index (χ3n) is 2.18. The van der Waals surface area contributed by atoms with Crippen molar-refractivity contribution >= 4 is 27.5 Å². The molecule has 1 atom stereocenters. The average molecular weight is 291 g/mol. The Hall–Kier alpha value is -0.510. The molecule has 0 saturated heterocycles. The highest BCUT2D eigenvalue weighted by molar-refractivity contribution is 9.10. The van der Waals surface area contributed by atoms with Gasteiger partial charge in [-0.15, -0.1) is 6.58 Å². The van der Waals surface area contributed by atoms with Crippen LogP contribution >= 0.6 is 27.5 Å². The zero-order chi connectivity index (χ0) is 11.4. The van der Waals surface area contributed by atoms with Gasteiger partial charge in [0.1, 0.15) is 5.75 Å². The second-order valence-corrected chi connectivity index (χ2v) is 4.47. The minimum atomic E-state index is -0.198. The Morgan fingerprint density at radius 1 is 1.60 bits per heavy atom. The van der Waals surface area contributed by atoms with Crippen molar-refractivity contribution in [1.82, 2.24) is 0 Å². The quantitative estimate of drug-likeness (QED) is 0.829. The van der Waals surface area contributed by atoms with Crippen LogP contribution in [0.4, 0.5) is 0 Å². The zero-order valence-electron chi connectivity index (χ0n) is 8.21. The Balaban J connectivity index is 2.94. The van der Waals surface area contributed by atoms with Crippen LogP contribution < -0.4 is 5.73 Å². The van der Waals surface area contributed by atoms with E-state index in [9.17, 15) is 5.11 Å². The molecule has 0 radical (unpaired) electrons. The number of hydrogen-bond donors (Lipinski definition) is 2. The van der Waals surface area contributed by atoms with E-state index in [1.165, 1.54) is 0 Å². The topological polar surface area (TPSA) is 46.2 Å². The molecule has 0 amide bonds. The molecule has 1 aromatic carbocycles. The van der Waals surface area contributed by atoms with E-state index in [1.54, 1.807) is 12.1 Å². The van der Waals surface area contributed by atoms with Crippen molar-refractivity contribution in [3.63, 3.8) is 0 Å². The monoisotopic (exact) mass is 289 g/mol. The molecule has 0 unspecified atom stereocenters. The van der Waals surface area contributed by atoms with Gasteiger partial charge in [0.05, 0.1) is 9.50 Å². The third kappa shape index (κ3) is 2.97. The fourth-order valence-electron chi connectivity index (χ4n) is 1.31. The molecule has 0 heterocycles. The standard InChI is InChI=1S/C11H13BrClNO/c1-2-3-4-9(14)7-5-6-8(13)10(12)11(7)15/h2,5-6,9,15H,1,3-4,14H2/t9-/m1/s1. The van der Waals surface area contributed by atoms with Gasteiger partial charge in [-0.25, -0.2) is 0 Å². The molecule has 82 valence electrons. The number of rotatable bonds is 4. The van der Waals surface area contributed by atoms with Crippen molar-refractivity contribution in [2.75, 3.05) is 0 Å². The summed E-state index contributed by atoms with van der Waals surface area (Å²) in [5.74, 6) is 0.124. The van der Waals surface area contributed by atoms with Crippen LogP contribution in [-0.4, -0.2) is 5.11 Å². The van der Waals surface area contributed by atoms with Gasteiger partial charge >= 0.3 is 0 Å². The molecule has 3 N–H and O–H groups in total. The number of nitrogens with two attached hydrogens (primary N) is 1. The number of benzene rings is 1. The lowest BCUT2D eigenvalue weighted by Gasteiger charge is -2.14. The van der Waals surface area contributed by atoms with E-state index < -0.39 is 0 Å². The molecule has 0 spiro atoms. The highest BCUT2D eigenvalue weighted by Crippen LogP contribution is 2.37. The second kappa shape index (κ2) is 5.54. The average Bonchev–Trinajstić information content (AvgIpc) is 2.23. The lowest BCUT2D eigenvalue weighted by Crippen LogP contribution is -2.10. The van der Waals surface area contributed by atoms with Crippen LogP contribution in [0.5, 0.6) is 5.75 Å². The molecular formula is C11H13BrClNO. The minimum Gasteiger partial charge on any atom is -0.506 e. The van der Waals surface area contributed by atoms with Crippen molar-refractivity contribution in [3.8, 4) is 5.75 Å². The van der Waals surface area contributed by atoms with Crippen molar-refractivity contribution in [2.24, 2.45) is 5.73 Å². The summed E-state index contributed by atoms with van der Waals surface area (Å²) in [5.41, 5.74) is 6.63. The lowest BCUT2D eigenvalue weighted by molar-refractivity contribution is 0.455. The lowest BCUT2D eigenvalue weighted by atomic mass is 10.0. The molecule has 0 saturated carbocycles. The third-order valence-corrected chi connectivity index (χ3v) is 3.53. The summed E-state index contributed by atoms with van der Waals surface area (Å²) < 4.78 is 0.496. The van der Waals surface area contributed by atoms with Gasteiger partial charge in [0.15, 0.2) is 0 Å². The molecule has 0 aromatic heterocycles. The molecule has 0 aliphatic carbocycles. The molecule has 0 aliphatic heterocycles. The van der Waals surface area contributed by atoms with Crippen molar-refractivity contribution in [2.45, 2.75) is 18.9 Å². The predicted molar refractivity (Wildman–Crippen MR) is 67.2 cm³/mol. The Bertz CT molecular complexity index is 368. The molecule has 0 fully saturated rings. The van der Waals surface area contributed by atoms with E-state index >= 15 is 0 Å². The number of allylic oxidation sites excluding steroid dienone is 1. The number of aromatic hydroxyl groups is 1. The molecule has 1 aromatic rings. The van der Waals surface area contributed by atoms with Crippen LogP contribution in [0.3, 0.4) is 0 Å². The zero-order valence-corrected chi connectivity index (χ0v) is 10.6. The van der Waals surface area contributed by atoms with Crippen LogP contribution in [0.25, 0.3) is 0 Å². The van der Waals surface area contributed by atoms with E-state index in [1.807, 2.05) is 6.08 Å². The molecule has 1 rings (SSSR count). The Labute approximate surface area is 103 Å². The van der Waals surface area contributed by atoms with Gasteiger partial charge in [0, 0.05) is 11.6 Å². The molecule has 15 heavy (non-hydrogen) atoms. The first-order valence-electron chi connectivity index (χ1n) is 4.61. The van der Waals surface area contributed by atoms with E-state index in [0.717, 1.165) is 12.8 Å². The fourth-order valence-corrected chi connectivity index (χ4v) is 1.82. The number of phenolic OH excluding ortho intramolecular Hbond substituents is 1. The van der Waals surface area contributed by atoms with Gasteiger partial charge in [-0.3, -0.25) is 0 Å². The predicted octanol–water partition coefficient (Wildman–Crippen LogP) is 3.77. The van der Waals surface area contributed by atoms with Gasteiger partial charge in [0.2, 0.25) is 0 Å². The minimum absolute atomic E-state index is 0.124. The first-order valence-corrected chi connectivity index (χ1v) is 5.78. The van der Waals surface area contributed by atoms with Crippen molar-refractivity contribution in [1.29, 1.82) is 0 Å². The van der Waals surface area contributed by atoms with E-state index in [4.69, 9.17) is 17.3 Å². The van der Waals surface area contributed by atoms with E-state index in [-0.39, 0.29) is 11.8 Å². The summed E-state index contributed by atoms with van der Waals surface area (Å²) >= 11 is 9.04. The Morgan fingerprint density at radius 3 is 2.87 bits per heavy atom. The van der Waals surface area contributed by atoms with E-state index in [2.05, 4.69) is 22.5 Å². The molecule has 4 heteroatoms. The smallest absolute Gasteiger partial charge is 0.136 e. The maximum Gasteiger partial charge on any atom is 0.136 e. The number of hydrogen-bond acceptors (Lipinski definition) is 2. The summed E-state index contributed by atoms with van der Waals surface area (Å²) in [4.78, 5) is 0. The highest BCUT2D eigenvalue weighted by Gasteiger charge is 2.14. The summed E-state index contributed by atoms with van der Waals surface area (Å²) in [6.07, 6.45) is 3.38. The van der Waals surface area contributed by atoms with Crippen LogP contribution in [0.1, 0.15) is 24.4 Å². The van der Waals surface area contributed by atoms with Crippen LogP contribution in [-0.2, 0) is 0 Å². The van der Waals surface area contributed by atoms with Crippen molar-refractivity contribution in [3.05, 3.63) is 39.8 Å². The van der Waals surface area contributed by atoms with Gasteiger partial charge in [-0.05, 0) is 34.8 Å². The maximum absolute atomic E-state index is 9.81. The van der Waals surface area contributed by atoms with Crippen LogP contribution in [0, 0.1) is 0 Å². The molecular weight excluding hydrogens is 277 g/mol. The second-order valence-electron chi connectivity index (χ2n) is 3.27. The molecule has 2 nitrogen and oxygen atoms in total. The molecule has 0 aliphatic rings. The van der Waals surface area contributed by atoms with E-state index in [0.29, 0.717) is 15.1 Å². The van der Waals surface area contributed by atoms with Gasteiger partial charge in [-0.1, -0.05) is 23.7 Å². The number of phenols is 1.